The molecule has 19 heavy (non-hydrogen) atoms. The lowest BCUT2D eigenvalue weighted by Crippen LogP contribution is -2.06. The standard InChI is InChI=1S/C15H17NO3/c1-4-18-15(17)13(10-16)9-12-5-7-14(8-6-12)19-11(2)3/h5-9,11H,4H2,1-3H3. The van der Waals surface area contributed by atoms with E-state index in [1.54, 1.807) is 31.2 Å². The highest BCUT2D eigenvalue weighted by Crippen LogP contribution is 2.16. The smallest absolute Gasteiger partial charge is 0.348 e. The molecule has 1 rings (SSSR count). The van der Waals surface area contributed by atoms with Crippen LogP contribution in [0, 0.1) is 11.3 Å². The second-order valence-electron chi connectivity index (χ2n) is 4.13. The third kappa shape index (κ3) is 4.84. The summed E-state index contributed by atoms with van der Waals surface area (Å²) in [5.41, 5.74) is 0.736. The fourth-order valence-corrected chi connectivity index (χ4v) is 1.43. The van der Waals surface area contributed by atoms with Crippen LogP contribution in [0.3, 0.4) is 0 Å². The maximum Gasteiger partial charge on any atom is 0.348 e. The van der Waals surface area contributed by atoms with Crippen molar-refractivity contribution in [3.05, 3.63) is 35.4 Å². The zero-order valence-corrected chi connectivity index (χ0v) is 11.3. The number of carbonyl (C=O) groups is 1. The molecule has 0 atom stereocenters. The van der Waals surface area contributed by atoms with Gasteiger partial charge in [-0.2, -0.15) is 5.26 Å². The van der Waals surface area contributed by atoms with Crippen molar-refractivity contribution in [2.75, 3.05) is 6.61 Å². The molecular weight excluding hydrogens is 242 g/mol. The number of hydrogen-bond acceptors (Lipinski definition) is 4. The van der Waals surface area contributed by atoms with E-state index in [2.05, 4.69) is 0 Å². The molecule has 4 nitrogen and oxygen atoms in total. The Labute approximate surface area is 113 Å². The monoisotopic (exact) mass is 259 g/mol. The molecule has 0 bridgehead atoms. The fourth-order valence-electron chi connectivity index (χ4n) is 1.43. The summed E-state index contributed by atoms with van der Waals surface area (Å²) < 4.78 is 10.3. The van der Waals surface area contributed by atoms with Crippen LogP contribution in [0.5, 0.6) is 5.75 Å². The Morgan fingerprint density at radius 1 is 1.37 bits per heavy atom. The van der Waals surface area contributed by atoms with Crippen molar-refractivity contribution >= 4 is 12.0 Å². The summed E-state index contributed by atoms with van der Waals surface area (Å²) in [6, 6.07) is 9.00. The molecule has 0 aliphatic rings. The molecule has 0 aromatic heterocycles. The van der Waals surface area contributed by atoms with Crippen molar-refractivity contribution in [2.24, 2.45) is 0 Å². The molecular formula is C15H17NO3. The molecule has 100 valence electrons. The van der Waals surface area contributed by atoms with Crippen LogP contribution in [0.2, 0.25) is 0 Å². The van der Waals surface area contributed by atoms with Crippen molar-refractivity contribution in [3.63, 3.8) is 0 Å². The Hall–Kier alpha value is -2.28. The van der Waals surface area contributed by atoms with E-state index in [9.17, 15) is 4.79 Å². The number of hydrogen-bond donors (Lipinski definition) is 0. The molecule has 0 unspecified atom stereocenters. The zero-order chi connectivity index (χ0) is 14.3. The van der Waals surface area contributed by atoms with Crippen LogP contribution in [0.1, 0.15) is 26.3 Å². The van der Waals surface area contributed by atoms with Crippen LogP contribution < -0.4 is 4.74 Å². The Morgan fingerprint density at radius 2 is 2.00 bits per heavy atom. The molecule has 0 N–H and O–H groups in total. The molecule has 0 fully saturated rings. The quantitative estimate of drug-likeness (QED) is 0.463. The minimum atomic E-state index is -0.604. The van der Waals surface area contributed by atoms with Gasteiger partial charge in [0.05, 0.1) is 12.7 Å². The van der Waals surface area contributed by atoms with E-state index in [0.717, 1.165) is 11.3 Å². The first-order valence-electron chi connectivity index (χ1n) is 6.12. The summed E-state index contributed by atoms with van der Waals surface area (Å²) in [5.74, 6) is 0.147. The second-order valence-corrected chi connectivity index (χ2v) is 4.13. The first-order valence-corrected chi connectivity index (χ1v) is 6.12. The topological polar surface area (TPSA) is 59.3 Å². The van der Waals surface area contributed by atoms with Gasteiger partial charge in [0.15, 0.2) is 0 Å². The number of esters is 1. The maximum absolute atomic E-state index is 11.5. The van der Waals surface area contributed by atoms with Gasteiger partial charge >= 0.3 is 5.97 Å². The van der Waals surface area contributed by atoms with E-state index in [-0.39, 0.29) is 18.3 Å². The summed E-state index contributed by atoms with van der Waals surface area (Å²) in [4.78, 5) is 11.5. The molecule has 4 heteroatoms. The molecule has 1 aromatic carbocycles. The van der Waals surface area contributed by atoms with Gasteiger partial charge in [0.1, 0.15) is 17.4 Å². The minimum Gasteiger partial charge on any atom is -0.491 e. The van der Waals surface area contributed by atoms with Crippen molar-refractivity contribution < 1.29 is 14.3 Å². The predicted molar refractivity (Wildman–Crippen MR) is 72.4 cm³/mol. The average Bonchev–Trinajstić information content (AvgIpc) is 2.37. The first-order chi connectivity index (χ1) is 9.06. The van der Waals surface area contributed by atoms with E-state index >= 15 is 0 Å². The third-order valence-corrected chi connectivity index (χ3v) is 2.18. The molecule has 0 amide bonds. The number of nitrogens with zero attached hydrogens (tertiary/aromatic N) is 1. The lowest BCUT2D eigenvalue weighted by Gasteiger charge is -2.09. The molecule has 0 spiro atoms. The summed E-state index contributed by atoms with van der Waals surface area (Å²) in [6.45, 7) is 5.84. The maximum atomic E-state index is 11.5. The molecule has 0 heterocycles. The van der Waals surface area contributed by atoms with Crippen LogP contribution in [0.4, 0.5) is 0 Å². The van der Waals surface area contributed by atoms with Crippen LogP contribution in [0.15, 0.2) is 29.8 Å². The minimum absolute atomic E-state index is 0.0145. The van der Waals surface area contributed by atoms with E-state index < -0.39 is 5.97 Å². The number of rotatable bonds is 5. The van der Waals surface area contributed by atoms with Crippen LogP contribution >= 0.6 is 0 Å². The van der Waals surface area contributed by atoms with Gasteiger partial charge in [-0.3, -0.25) is 0 Å². The summed E-state index contributed by atoms with van der Waals surface area (Å²) in [6.07, 6.45) is 1.60. The van der Waals surface area contributed by atoms with Gasteiger partial charge < -0.3 is 9.47 Å². The molecule has 0 saturated heterocycles. The number of ether oxygens (including phenoxy) is 2. The Balaban J connectivity index is 2.85. The van der Waals surface area contributed by atoms with Gasteiger partial charge in [-0.25, -0.2) is 4.79 Å². The van der Waals surface area contributed by atoms with Crippen LogP contribution in [0.25, 0.3) is 6.08 Å². The van der Waals surface area contributed by atoms with E-state index in [0.29, 0.717) is 0 Å². The number of nitriles is 1. The van der Waals surface area contributed by atoms with E-state index in [1.165, 1.54) is 6.08 Å². The van der Waals surface area contributed by atoms with Gasteiger partial charge in [0.2, 0.25) is 0 Å². The number of carbonyl (C=O) groups excluding carboxylic acids is 1. The van der Waals surface area contributed by atoms with Crippen molar-refractivity contribution in [1.29, 1.82) is 5.26 Å². The summed E-state index contributed by atoms with van der Waals surface area (Å²) >= 11 is 0. The van der Waals surface area contributed by atoms with Crippen molar-refractivity contribution in [1.82, 2.24) is 0 Å². The Morgan fingerprint density at radius 3 is 2.47 bits per heavy atom. The SMILES string of the molecule is CCOC(=O)C(C#N)=Cc1ccc(OC(C)C)cc1. The van der Waals surface area contributed by atoms with Crippen LogP contribution in [-0.4, -0.2) is 18.7 Å². The highest BCUT2D eigenvalue weighted by Gasteiger charge is 2.09. The first kappa shape index (κ1) is 14.8. The summed E-state index contributed by atoms with van der Waals surface area (Å²) in [5, 5.41) is 8.91. The molecule has 1 aromatic rings. The van der Waals surface area contributed by atoms with Crippen molar-refractivity contribution in [2.45, 2.75) is 26.9 Å². The Bertz CT molecular complexity index is 495. The normalized spacial score (nSPS) is 11.0. The van der Waals surface area contributed by atoms with E-state index in [1.807, 2.05) is 19.9 Å². The highest BCUT2D eigenvalue weighted by atomic mass is 16.5. The van der Waals surface area contributed by atoms with Gasteiger partial charge in [-0.15, -0.1) is 0 Å². The second kappa shape index (κ2) is 7.22. The fraction of sp³-hybridized carbons (Fsp3) is 0.333. The lowest BCUT2D eigenvalue weighted by molar-refractivity contribution is -0.137. The molecule has 0 radical (unpaired) electrons. The molecule has 0 aliphatic heterocycles. The lowest BCUT2D eigenvalue weighted by atomic mass is 10.1. The largest absolute Gasteiger partial charge is 0.491 e. The third-order valence-electron chi connectivity index (χ3n) is 2.18. The highest BCUT2D eigenvalue weighted by molar-refractivity contribution is 5.97. The number of benzene rings is 1. The van der Waals surface area contributed by atoms with Gasteiger partial charge in [0, 0.05) is 0 Å². The Kier molecular flexibility index (Phi) is 5.62. The van der Waals surface area contributed by atoms with Gasteiger partial charge in [0.25, 0.3) is 0 Å². The average molecular weight is 259 g/mol. The van der Waals surface area contributed by atoms with E-state index in [4.69, 9.17) is 14.7 Å². The summed E-state index contributed by atoms with van der Waals surface area (Å²) in [7, 11) is 0. The van der Waals surface area contributed by atoms with Crippen LogP contribution in [-0.2, 0) is 9.53 Å². The molecule has 0 saturated carbocycles. The van der Waals surface area contributed by atoms with Crippen molar-refractivity contribution in [3.8, 4) is 11.8 Å². The zero-order valence-electron chi connectivity index (χ0n) is 11.3. The van der Waals surface area contributed by atoms with Gasteiger partial charge in [-0.05, 0) is 44.5 Å². The predicted octanol–water partition coefficient (Wildman–Crippen LogP) is 2.94. The molecule has 0 aliphatic carbocycles. The van der Waals surface area contributed by atoms with Gasteiger partial charge in [-0.1, -0.05) is 12.1 Å².